The van der Waals surface area contributed by atoms with Crippen LogP contribution in [0.25, 0.3) is 0 Å². The van der Waals surface area contributed by atoms with Gasteiger partial charge in [-0.3, -0.25) is 4.79 Å². The fourth-order valence-corrected chi connectivity index (χ4v) is 1.84. The third-order valence-electron chi connectivity index (χ3n) is 2.68. The number of carbonyl (C=O) groups is 3. The molecule has 24 heavy (non-hydrogen) atoms. The van der Waals surface area contributed by atoms with Crippen LogP contribution in [0.15, 0.2) is 12.2 Å². The second-order valence-corrected chi connectivity index (χ2v) is 5.68. The molecule has 0 radical (unpaired) electrons. The first kappa shape index (κ1) is 20.1. The molecule has 8 nitrogen and oxygen atoms in total. The standard InChI is InChI=1S/C16H24O8/c1-9(2)21-15(18)13-14(16(19)22-10(3)4)24-12(23-13)7-6-8-20-11(5)17/h6-7,9-10,12-14H,8H2,1-5H3. The van der Waals surface area contributed by atoms with Crippen LogP contribution in [0.2, 0.25) is 0 Å². The molecule has 1 fully saturated rings. The summed E-state index contributed by atoms with van der Waals surface area (Å²) in [5.41, 5.74) is 0. The van der Waals surface area contributed by atoms with Gasteiger partial charge < -0.3 is 23.7 Å². The zero-order valence-electron chi connectivity index (χ0n) is 14.5. The van der Waals surface area contributed by atoms with E-state index in [9.17, 15) is 14.4 Å². The topological polar surface area (TPSA) is 97.4 Å². The van der Waals surface area contributed by atoms with Gasteiger partial charge in [-0.15, -0.1) is 0 Å². The summed E-state index contributed by atoms with van der Waals surface area (Å²) >= 11 is 0. The molecule has 0 saturated carbocycles. The molecule has 1 aliphatic heterocycles. The first-order valence-electron chi connectivity index (χ1n) is 7.72. The van der Waals surface area contributed by atoms with E-state index in [-0.39, 0.29) is 18.8 Å². The van der Waals surface area contributed by atoms with Gasteiger partial charge in [0, 0.05) is 6.92 Å². The molecule has 0 aromatic rings. The molecular weight excluding hydrogens is 320 g/mol. The Labute approximate surface area is 141 Å². The highest BCUT2D eigenvalue weighted by Crippen LogP contribution is 2.23. The maximum absolute atomic E-state index is 12.1. The molecule has 0 aromatic carbocycles. The zero-order chi connectivity index (χ0) is 18.3. The minimum absolute atomic E-state index is 0.0285. The summed E-state index contributed by atoms with van der Waals surface area (Å²) in [6, 6.07) is 0. The highest BCUT2D eigenvalue weighted by atomic mass is 16.8. The predicted molar refractivity (Wildman–Crippen MR) is 81.8 cm³/mol. The van der Waals surface area contributed by atoms with E-state index in [4.69, 9.17) is 23.7 Å². The third kappa shape index (κ3) is 6.67. The highest BCUT2D eigenvalue weighted by molar-refractivity contribution is 5.86. The van der Waals surface area contributed by atoms with Crippen LogP contribution in [0, 0.1) is 0 Å². The molecule has 1 rings (SSSR count). The smallest absolute Gasteiger partial charge is 0.339 e. The van der Waals surface area contributed by atoms with Crippen LogP contribution in [0.3, 0.4) is 0 Å². The lowest BCUT2D eigenvalue weighted by Crippen LogP contribution is -2.40. The Morgan fingerprint density at radius 2 is 1.42 bits per heavy atom. The van der Waals surface area contributed by atoms with Crippen molar-refractivity contribution in [2.45, 2.75) is 65.3 Å². The average molecular weight is 344 g/mol. The molecule has 0 N–H and O–H groups in total. The van der Waals surface area contributed by atoms with Crippen molar-refractivity contribution in [2.75, 3.05) is 6.61 Å². The number of rotatable bonds is 7. The Hall–Kier alpha value is -1.93. The van der Waals surface area contributed by atoms with Crippen LogP contribution in [-0.2, 0) is 38.1 Å². The lowest BCUT2D eigenvalue weighted by atomic mass is 10.2. The Kier molecular flexibility index (Phi) is 7.87. The van der Waals surface area contributed by atoms with Gasteiger partial charge in [-0.05, 0) is 39.8 Å². The Morgan fingerprint density at radius 1 is 0.958 bits per heavy atom. The van der Waals surface area contributed by atoms with Crippen LogP contribution in [-0.4, -0.2) is 55.2 Å². The van der Waals surface area contributed by atoms with E-state index in [2.05, 4.69) is 0 Å². The highest BCUT2D eigenvalue weighted by Gasteiger charge is 2.46. The fourth-order valence-electron chi connectivity index (χ4n) is 1.84. The maximum Gasteiger partial charge on any atom is 0.339 e. The first-order valence-corrected chi connectivity index (χ1v) is 7.72. The van der Waals surface area contributed by atoms with E-state index in [0.29, 0.717) is 0 Å². The first-order chi connectivity index (χ1) is 11.2. The van der Waals surface area contributed by atoms with Crippen LogP contribution < -0.4 is 0 Å². The molecule has 2 atom stereocenters. The summed E-state index contributed by atoms with van der Waals surface area (Å²) in [6.45, 7) is 8.06. The third-order valence-corrected chi connectivity index (χ3v) is 2.68. The molecule has 0 spiro atoms. The molecular formula is C16H24O8. The van der Waals surface area contributed by atoms with E-state index in [0.717, 1.165) is 0 Å². The SMILES string of the molecule is CC(=O)OCC=CC1OC(C(=O)OC(C)C)C(C(=O)OC(C)C)O1. The van der Waals surface area contributed by atoms with E-state index in [1.165, 1.54) is 19.1 Å². The summed E-state index contributed by atoms with van der Waals surface area (Å²) in [5, 5.41) is 0. The summed E-state index contributed by atoms with van der Waals surface area (Å²) < 4.78 is 25.7. The molecule has 1 heterocycles. The van der Waals surface area contributed by atoms with Gasteiger partial charge in [0.05, 0.1) is 12.2 Å². The van der Waals surface area contributed by atoms with E-state index in [1.54, 1.807) is 27.7 Å². The van der Waals surface area contributed by atoms with Crippen molar-refractivity contribution in [3.05, 3.63) is 12.2 Å². The van der Waals surface area contributed by atoms with Crippen molar-refractivity contribution < 1.29 is 38.1 Å². The Balaban J connectivity index is 2.75. The van der Waals surface area contributed by atoms with Gasteiger partial charge in [-0.25, -0.2) is 9.59 Å². The van der Waals surface area contributed by atoms with Crippen molar-refractivity contribution in [2.24, 2.45) is 0 Å². The summed E-state index contributed by atoms with van der Waals surface area (Å²) in [6.07, 6.45) is -1.17. The summed E-state index contributed by atoms with van der Waals surface area (Å²) in [4.78, 5) is 34.9. The van der Waals surface area contributed by atoms with Crippen LogP contribution in [0.4, 0.5) is 0 Å². The lowest BCUT2D eigenvalue weighted by molar-refractivity contribution is -0.167. The molecule has 1 aliphatic rings. The van der Waals surface area contributed by atoms with E-state index < -0.39 is 36.4 Å². The number of hydrogen-bond donors (Lipinski definition) is 0. The largest absolute Gasteiger partial charge is 0.462 e. The Bertz CT molecular complexity index is 452. The second-order valence-electron chi connectivity index (χ2n) is 5.68. The van der Waals surface area contributed by atoms with Crippen molar-refractivity contribution in [1.82, 2.24) is 0 Å². The molecule has 0 aliphatic carbocycles. The van der Waals surface area contributed by atoms with Crippen molar-refractivity contribution >= 4 is 17.9 Å². The molecule has 0 amide bonds. The van der Waals surface area contributed by atoms with E-state index >= 15 is 0 Å². The minimum Gasteiger partial charge on any atom is -0.462 e. The summed E-state index contributed by atoms with van der Waals surface area (Å²) in [5.74, 6) is -1.83. The van der Waals surface area contributed by atoms with E-state index in [1.807, 2.05) is 0 Å². The van der Waals surface area contributed by atoms with Gasteiger partial charge in [-0.2, -0.15) is 0 Å². The van der Waals surface area contributed by atoms with Gasteiger partial charge >= 0.3 is 17.9 Å². The molecule has 0 bridgehead atoms. The molecule has 1 saturated heterocycles. The van der Waals surface area contributed by atoms with Crippen LogP contribution >= 0.6 is 0 Å². The van der Waals surface area contributed by atoms with Crippen molar-refractivity contribution in [3.63, 3.8) is 0 Å². The summed E-state index contributed by atoms with van der Waals surface area (Å²) in [7, 11) is 0. The average Bonchev–Trinajstić information content (AvgIpc) is 2.86. The minimum atomic E-state index is -1.22. The number of esters is 3. The molecule has 136 valence electrons. The van der Waals surface area contributed by atoms with Crippen LogP contribution in [0.5, 0.6) is 0 Å². The monoisotopic (exact) mass is 344 g/mol. The van der Waals surface area contributed by atoms with Gasteiger partial charge in [-0.1, -0.05) is 0 Å². The van der Waals surface area contributed by atoms with Crippen molar-refractivity contribution in [3.8, 4) is 0 Å². The Morgan fingerprint density at radius 3 is 1.79 bits per heavy atom. The lowest BCUT2D eigenvalue weighted by Gasteiger charge is -2.17. The molecule has 2 unspecified atom stereocenters. The fraction of sp³-hybridized carbons (Fsp3) is 0.688. The van der Waals surface area contributed by atoms with Crippen molar-refractivity contribution in [1.29, 1.82) is 0 Å². The number of carbonyl (C=O) groups excluding carboxylic acids is 3. The predicted octanol–water partition coefficient (Wildman–Crippen LogP) is 1.12. The zero-order valence-corrected chi connectivity index (χ0v) is 14.5. The molecule has 8 heteroatoms. The quantitative estimate of drug-likeness (QED) is 0.385. The number of ether oxygens (including phenoxy) is 5. The normalized spacial score (nSPS) is 23.7. The second kappa shape index (κ2) is 9.39. The maximum atomic E-state index is 12.1. The van der Waals surface area contributed by atoms with Gasteiger partial charge in [0.25, 0.3) is 0 Å². The van der Waals surface area contributed by atoms with Gasteiger partial charge in [0.2, 0.25) is 0 Å². The van der Waals surface area contributed by atoms with Crippen LogP contribution in [0.1, 0.15) is 34.6 Å². The molecule has 0 aromatic heterocycles. The van der Waals surface area contributed by atoms with Gasteiger partial charge in [0.15, 0.2) is 18.5 Å². The number of hydrogen-bond acceptors (Lipinski definition) is 8. The van der Waals surface area contributed by atoms with Gasteiger partial charge in [0.1, 0.15) is 6.61 Å².